The van der Waals surface area contributed by atoms with Gasteiger partial charge in [-0.3, -0.25) is 0 Å². The summed E-state index contributed by atoms with van der Waals surface area (Å²) in [6.07, 6.45) is 0. The first-order valence-electron chi connectivity index (χ1n) is 6.89. The van der Waals surface area contributed by atoms with Crippen LogP contribution < -0.4 is 8.79 Å². The van der Waals surface area contributed by atoms with E-state index in [-0.39, 0.29) is 0 Å². The van der Waals surface area contributed by atoms with Crippen LogP contribution in [-0.4, -0.2) is 26.5 Å². The molecule has 0 radical (unpaired) electrons. The van der Waals surface area contributed by atoms with Crippen LogP contribution in [0.2, 0.25) is 33.5 Å². The van der Waals surface area contributed by atoms with E-state index in [0.717, 1.165) is 0 Å². The molecule has 17 heavy (non-hydrogen) atoms. The Balaban J connectivity index is 2.60. The van der Waals surface area contributed by atoms with Gasteiger partial charge in [0.2, 0.25) is 0 Å². The molecule has 0 N–H and O–H groups in total. The van der Waals surface area contributed by atoms with E-state index in [4.69, 9.17) is 0 Å². The maximum atomic E-state index is 2.61. The van der Waals surface area contributed by atoms with E-state index < -0.39 is 26.5 Å². The van der Waals surface area contributed by atoms with Crippen molar-refractivity contribution in [2.45, 2.75) is 53.3 Å². The van der Waals surface area contributed by atoms with Gasteiger partial charge in [0.15, 0.2) is 0 Å². The third-order valence-electron chi connectivity index (χ3n) is 4.54. The van der Waals surface area contributed by atoms with Gasteiger partial charge in [-0.1, -0.05) is 0 Å². The zero-order chi connectivity index (χ0) is 12.8. The molecule has 1 aromatic rings. The average Bonchev–Trinajstić information content (AvgIpc) is 2.24. The van der Waals surface area contributed by atoms with Crippen LogP contribution in [-0.2, 0) is 0 Å². The fourth-order valence-electron chi connectivity index (χ4n) is 2.97. The van der Waals surface area contributed by atoms with Crippen molar-refractivity contribution in [3.05, 3.63) is 23.8 Å². The van der Waals surface area contributed by atoms with Gasteiger partial charge in [-0.15, -0.1) is 0 Å². The second kappa shape index (κ2) is 4.45. The molecule has 1 aromatic carbocycles. The van der Waals surface area contributed by atoms with Crippen molar-refractivity contribution < 1.29 is 0 Å². The SMILES string of the molecule is CC(C)c1cc[c]2[c](c1)[Ge]([CH3])([CH3])[CH2][CH2][Ge]2([CH3])[CH3]. The van der Waals surface area contributed by atoms with E-state index in [0.29, 0.717) is 5.92 Å². The quantitative estimate of drug-likeness (QED) is 0.678. The Labute approximate surface area is 112 Å². The first-order valence-corrected chi connectivity index (χ1v) is 20.3. The van der Waals surface area contributed by atoms with Gasteiger partial charge in [0, 0.05) is 0 Å². The molecule has 2 rings (SSSR count). The maximum absolute atomic E-state index is 2.61. The van der Waals surface area contributed by atoms with Gasteiger partial charge >= 0.3 is 112 Å². The van der Waals surface area contributed by atoms with Gasteiger partial charge in [-0.25, -0.2) is 0 Å². The van der Waals surface area contributed by atoms with E-state index in [9.17, 15) is 0 Å². The molecule has 0 unspecified atom stereocenters. The summed E-state index contributed by atoms with van der Waals surface area (Å²) in [6.45, 7) is 4.63. The van der Waals surface area contributed by atoms with Crippen LogP contribution in [0, 0.1) is 0 Å². The first-order chi connectivity index (χ1) is 7.74. The fraction of sp³-hybridized carbons (Fsp3) is 0.600. The summed E-state index contributed by atoms with van der Waals surface area (Å²) in [5.41, 5.74) is 1.56. The molecule has 0 saturated carbocycles. The monoisotopic (exact) mass is 354 g/mol. The van der Waals surface area contributed by atoms with Crippen LogP contribution in [0.5, 0.6) is 0 Å². The Bertz CT molecular complexity index is 431. The first kappa shape index (κ1) is 13.7. The Hall–Kier alpha value is 0.306. The summed E-state index contributed by atoms with van der Waals surface area (Å²) in [5.74, 6) is 11.1. The van der Waals surface area contributed by atoms with Gasteiger partial charge in [-0.05, 0) is 0 Å². The van der Waals surface area contributed by atoms with Crippen molar-refractivity contribution in [1.82, 2.24) is 0 Å². The minimum atomic E-state index is -1.66. The molecule has 0 aliphatic carbocycles. The van der Waals surface area contributed by atoms with Crippen molar-refractivity contribution in [1.29, 1.82) is 0 Å². The molecule has 0 amide bonds. The molecule has 0 saturated heterocycles. The molecule has 0 nitrogen and oxygen atoms in total. The van der Waals surface area contributed by atoms with Gasteiger partial charge in [-0.2, -0.15) is 0 Å². The molecule has 1 aliphatic rings. The molecule has 0 bridgehead atoms. The van der Waals surface area contributed by atoms with Crippen molar-refractivity contribution in [2.24, 2.45) is 0 Å². The summed E-state index contributed by atoms with van der Waals surface area (Å²) < 4.78 is 3.69. The van der Waals surface area contributed by atoms with E-state index >= 15 is 0 Å². The van der Waals surface area contributed by atoms with Crippen LogP contribution in [0.15, 0.2) is 18.2 Å². The number of hydrogen-bond donors (Lipinski definition) is 0. The van der Waals surface area contributed by atoms with Crippen LogP contribution in [0.4, 0.5) is 0 Å². The molecule has 1 aliphatic heterocycles. The molecule has 0 atom stereocenters. The average molecular weight is 352 g/mol. The topological polar surface area (TPSA) is 0 Å². The van der Waals surface area contributed by atoms with Gasteiger partial charge < -0.3 is 0 Å². The minimum absolute atomic E-state index is 0.677. The zero-order valence-corrected chi connectivity index (χ0v) is 16.4. The number of hydrogen-bond acceptors (Lipinski definition) is 0. The number of fused-ring (bicyclic) bond motifs is 1. The second-order valence-electron chi connectivity index (χ2n) is 7.23. The second-order valence-corrected chi connectivity index (χ2v) is 27.4. The molecular weight excluding hydrogens is 325 g/mol. The van der Waals surface area contributed by atoms with E-state index in [1.54, 1.807) is 16.1 Å². The normalized spacial score (nSPS) is 21.4. The summed E-state index contributed by atoms with van der Waals surface area (Å²) in [5, 5.41) is 3.14. The Morgan fingerprint density at radius 2 is 1.41 bits per heavy atom. The summed E-state index contributed by atoms with van der Waals surface area (Å²) in [7, 11) is 0. The van der Waals surface area contributed by atoms with Crippen molar-refractivity contribution in [2.75, 3.05) is 0 Å². The molecule has 0 fully saturated rings. The molecule has 2 heteroatoms. The van der Waals surface area contributed by atoms with Gasteiger partial charge in [0.25, 0.3) is 0 Å². The molecular formula is C15H26Ge2. The fourth-order valence-corrected chi connectivity index (χ4v) is 33.4. The van der Waals surface area contributed by atoms with Crippen LogP contribution in [0.3, 0.4) is 0 Å². The van der Waals surface area contributed by atoms with E-state index in [1.807, 2.05) is 8.79 Å². The number of rotatable bonds is 1. The van der Waals surface area contributed by atoms with Crippen LogP contribution >= 0.6 is 0 Å². The van der Waals surface area contributed by atoms with Crippen LogP contribution in [0.1, 0.15) is 25.3 Å². The third kappa shape index (κ3) is 2.53. The van der Waals surface area contributed by atoms with E-state index in [1.165, 1.54) is 0 Å². The Morgan fingerprint density at radius 1 is 0.882 bits per heavy atom. The molecule has 0 aromatic heterocycles. The Kier molecular flexibility index (Phi) is 3.59. The van der Waals surface area contributed by atoms with Crippen molar-refractivity contribution in [3.63, 3.8) is 0 Å². The predicted octanol–water partition coefficient (Wildman–Crippen LogP) is 3.65. The van der Waals surface area contributed by atoms with E-state index in [2.05, 4.69) is 55.1 Å². The number of benzene rings is 1. The van der Waals surface area contributed by atoms with Gasteiger partial charge in [0.1, 0.15) is 0 Å². The van der Waals surface area contributed by atoms with Crippen molar-refractivity contribution in [3.8, 4) is 0 Å². The summed E-state index contributed by atoms with van der Waals surface area (Å²) >= 11 is -3.30. The summed E-state index contributed by atoms with van der Waals surface area (Å²) in [4.78, 5) is 0. The standard InChI is InChI=1S/C15H26Ge2/c1-12(2)13-7-8-14-15(11-13)17(5,6)10-9-16(14,3)4/h7-8,11-12H,9-10H2,1-6H3. The molecule has 94 valence electrons. The summed E-state index contributed by atoms with van der Waals surface area (Å²) in [6, 6.07) is 7.50. The molecule has 1 heterocycles. The van der Waals surface area contributed by atoms with Gasteiger partial charge in [0.05, 0.1) is 0 Å². The zero-order valence-electron chi connectivity index (χ0n) is 12.2. The Morgan fingerprint density at radius 3 is 1.94 bits per heavy atom. The third-order valence-corrected chi connectivity index (χ3v) is 22.0. The predicted molar refractivity (Wildman–Crippen MR) is 84.4 cm³/mol. The van der Waals surface area contributed by atoms with Crippen LogP contribution in [0.25, 0.3) is 0 Å². The van der Waals surface area contributed by atoms with Crippen molar-refractivity contribution >= 4 is 35.3 Å². The molecule has 0 spiro atoms.